The first-order valence-corrected chi connectivity index (χ1v) is 11.5. The third-order valence-corrected chi connectivity index (χ3v) is 6.18. The van der Waals surface area contributed by atoms with E-state index in [0.29, 0.717) is 40.5 Å². The van der Waals surface area contributed by atoms with Crippen LogP contribution in [0, 0.1) is 3.57 Å². The van der Waals surface area contributed by atoms with Crippen LogP contribution in [0.5, 0.6) is 11.5 Å². The molecule has 0 spiro atoms. The lowest BCUT2D eigenvalue weighted by atomic mass is 10.2. The van der Waals surface area contributed by atoms with Crippen molar-refractivity contribution in [1.82, 2.24) is 4.90 Å². The van der Waals surface area contributed by atoms with E-state index < -0.39 is 5.97 Å². The lowest BCUT2D eigenvalue weighted by molar-refractivity contribution is -0.121. The van der Waals surface area contributed by atoms with Gasteiger partial charge in [-0.25, -0.2) is 9.79 Å². The van der Waals surface area contributed by atoms with E-state index in [0.717, 1.165) is 9.13 Å². The van der Waals surface area contributed by atoms with Crippen molar-refractivity contribution in [2.24, 2.45) is 4.99 Å². The van der Waals surface area contributed by atoms with Gasteiger partial charge in [0.15, 0.2) is 16.7 Å². The third kappa shape index (κ3) is 5.52. The number of amidine groups is 1. The highest BCUT2D eigenvalue weighted by molar-refractivity contribution is 14.1. The second-order valence-electron chi connectivity index (χ2n) is 6.58. The van der Waals surface area contributed by atoms with E-state index in [1.165, 1.54) is 28.8 Å². The maximum Gasteiger partial charge on any atom is 0.335 e. The molecule has 3 rings (SSSR count). The molecule has 0 radical (unpaired) electrons. The van der Waals surface area contributed by atoms with Gasteiger partial charge in [-0.2, -0.15) is 0 Å². The molecule has 0 saturated carbocycles. The monoisotopic (exact) mass is 564 g/mol. The average molecular weight is 564 g/mol. The molecule has 0 atom stereocenters. The van der Waals surface area contributed by atoms with Gasteiger partial charge in [0, 0.05) is 7.05 Å². The Kier molecular flexibility index (Phi) is 7.97. The van der Waals surface area contributed by atoms with Crippen LogP contribution in [0.25, 0.3) is 6.08 Å². The number of halogens is 1. The fourth-order valence-corrected chi connectivity index (χ4v) is 4.58. The van der Waals surface area contributed by atoms with E-state index in [1.807, 2.05) is 19.1 Å². The first kappa shape index (κ1) is 23.9. The largest absolute Gasteiger partial charge is 0.490 e. The molecule has 7 nitrogen and oxygen atoms in total. The molecule has 166 valence electrons. The summed E-state index contributed by atoms with van der Waals surface area (Å²) in [6.07, 6.45) is 3.46. The van der Waals surface area contributed by atoms with Crippen LogP contribution in [0.15, 0.2) is 59.0 Å². The molecule has 1 N–H and O–H groups in total. The Balaban J connectivity index is 1.89. The maximum atomic E-state index is 12.8. The number of hydrogen-bond donors (Lipinski definition) is 1. The zero-order valence-corrected chi connectivity index (χ0v) is 20.5. The second-order valence-corrected chi connectivity index (χ2v) is 8.76. The van der Waals surface area contributed by atoms with Crippen LogP contribution in [0.3, 0.4) is 0 Å². The van der Waals surface area contributed by atoms with Crippen molar-refractivity contribution in [2.45, 2.75) is 6.92 Å². The average Bonchev–Trinajstić information content (AvgIpc) is 3.01. The molecule has 1 amide bonds. The molecular formula is C23H21IN2O5S. The summed E-state index contributed by atoms with van der Waals surface area (Å²) in [5.41, 5.74) is 1.55. The van der Waals surface area contributed by atoms with Crippen molar-refractivity contribution < 1.29 is 24.2 Å². The number of rotatable bonds is 8. The number of aromatic carboxylic acids is 1. The summed E-state index contributed by atoms with van der Waals surface area (Å²) in [6, 6.07) is 9.93. The van der Waals surface area contributed by atoms with E-state index in [2.05, 4.69) is 34.2 Å². The van der Waals surface area contributed by atoms with Crippen LogP contribution < -0.4 is 9.47 Å². The third-order valence-electron chi connectivity index (χ3n) is 4.32. The Morgan fingerprint density at radius 1 is 1.28 bits per heavy atom. The molecule has 1 aliphatic rings. The van der Waals surface area contributed by atoms with Crippen LogP contribution >= 0.6 is 34.4 Å². The van der Waals surface area contributed by atoms with Gasteiger partial charge in [-0.15, -0.1) is 0 Å². The van der Waals surface area contributed by atoms with E-state index >= 15 is 0 Å². The standard InChI is InChI=1S/C23H21IN2O5S/c1-4-10-31-20-17(24)11-14(12-18(20)30-5-2)13-19-21(27)26(3)23(32-19)25-16-8-6-15(7-9-16)22(28)29/h4,6-9,11-13H,1,5,10H2,2-3H3,(H,28,29)/b19-13-,25-23?. The van der Waals surface area contributed by atoms with Gasteiger partial charge < -0.3 is 14.6 Å². The fourth-order valence-electron chi connectivity index (χ4n) is 2.81. The van der Waals surface area contributed by atoms with E-state index in [-0.39, 0.29) is 11.5 Å². The molecule has 1 saturated heterocycles. The molecule has 1 heterocycles. The zero-order chi connectivity index (χ0) is 23.3. The van der Waals surface area contributed by atoms with Crippen LogP contribution in [0.1, 0.15) is 22.8 Å². The van der Waals surface area contributed by atoms with Crippen LogP contribution in [0.4, 0.5) is 5.69 Å². The minimum absolute atomic E-state index is 0.171. The second kappa shape index (κ2) is 10.7. The van der Waals surface area contributed by atoms with Crippen molar-refractivity contribution in [2.75, 3.05) is 20.3 Å². The number of benzene rings is 2. The number of aliphatic imine (C=N–C) groups is 1. The Morgan fingerprint density at radius 3 is 2.62 bits per heavy atom. The highest BCUT2D eigenvalue weighted by atomic mass is 127. The summed E-state index contributed by atoms with van der Waals surface area (Å²) in [6.45, 7) is 6.41. The minimum atomic E-state index is -1.00. The van der Waals surface area contributed by atoms with E-state index in [1.54, 1.807) is 31.3 Å². The number of thioether (sulfide) groups is 1. The SMILES string of the molecule is C=CCOc1c(I)cc(/C=C2\SC(=Nc3ccc(C(=O)O)cc3)N(C)C2=O)cc1OCC. The number of carbonyl (C=O) groups is 2. The van der Waals surface area contributed by atoms with Gasteiger partial charge in [0.25, 0.3) is 5.91 Å². The summed E-state index contributed by atoms with van der Waals surface area (Å²) in [5.74, 6) is 0.0724. The molecule has 0 unspecified atom stereocenters. The molecule has 2 aromatic carbocycles. The number of likely N-dealkylation sites (N-methyl/N-ethyl adjacent to an activating group) is 1. The van der Waals surface area contributed by atoms with Gasteiger partial charge in [-0.1, -0.05) is 12.7 Å². The Bertz CT molecular complexity index is 1110. The van der Waals surface area contributed by atoms with E-state index in [4.69, 9.17) is 14.6 Å². The number of hydrogen-bond acceptors (Lipinski definition) is 6. The Morgan fingerprint density at radius 2 is 2.00 bits per heavy atom. The van der Waals surface area contributed by atoms with Gasteiger partial charge in [0.2, 0.25) is 0 Å². The molecule has 1 aliphatic heterocycles. The zero-order valence-electron chi connectivity index (χ0n) is 17.5. The van der Waals surface area contributed by atoms with E-state index in [9.17, 15) is 9.59 Å². The van der Waals surface area contributed by atoms with Crippen LogP contribution in [0.2, 0.25) is 0 Å². The molecule has 0 aromatic heterocycles. The van der Waals surface area contributed by atoms with Gasteiger partial charge in [-0.3, -0.25) is 9.69 Å². The highest BCUT2D eigenvalue weighted by Gasteiger charge is 2.30. The number of ether oxygens (including phenoxy) is 2. The number of nitrogens with zero attached hydrogens (tertiary/aromatic N) is 2. The summed E-state index contributed by atoms with van der Waals surface area (Å²) in [7, 11) is 1.65. The quantitative estimate of drug-likeness (QED) is 0.270. The normalized spacial score (nSPS) is 16.0. The number of carbonyl (C=O) groups excluding carboxylic acids is 1. The predicted molar refractivity (Wildman–Crippen MR) is 135 cm³/mol. The first-order valence-electron chi connectivity index (χ1n) is 9.63. The lowest BCUT2D eigenvalue weighted by Gasteiger charge is -2.13. The molecule has 9 heteroatoms. The minimum Gasteiger partial charge on any atom is -0.490 e. The molecular weight excluding hydrogens is 543 g/mol. The van der Waals surface area contributed by atoms with Crippen LogP contribution in [-0.2, 0) is 4.79 Å². The summed E-state index contributed by atoms with van der Waals surface area (Å²) >= 11 is 3.43. The Labute approximate surface area is 204 Å². The van der Waals surface area contributed by atoms with Gasteiger partial charge >= 0.3 is 5.97 Å². The molecule has 0 aliphatic carbocycles. The van der Waals surface area contributed by atoms with Gasteiger partial charge in [0.05, 0.1) is 26.3 Å². The van der Waals surface area contributed by atoms with Gasteiger partial charge in [0.1, 0.15) is 6.61 Å². The molecule has 1 fully saturated rings. The van der Waals surface area contributed by atoms with Crippen molar-refractivity contribution >= 4 is 63.2 Å². The molecule has 32 heavy (non-hydrogen) atoms. The van der Waals surface area contributed by atoms with Crippen molar-refractivity contribution in [3.8, 4) is 11.5 Å². The summed E-state index contributed by atoms with van der Waals surface area (Å²) in [5, 5.41) is 9.53. The first-order chi connectivity index (χ1) is 15.3. The molecule has 0 bridgehead atoms. The number of carboxylic acids is 1. The number of amides is 1. The topological polar surface area (TPSA) is 88.4 Å². The number of carboxylic acid groups (broad SMARTS) is 1. The summed E-state index contributed by atoms with van der Waals surface area (Å²) in [4.78, 5) is 30.3. The maximum absolute atomic E-state index is 12.8. The van der Waals surface area contributed by atoms with Gasteiger partial charge in [-0.05, 0) is 89.3 Å². The lowest BCUT2D eigenvalue weighted by Crippen LogP contribution is -2.23. The van der Waals surface area contributed by atoms with Crippen molar-refractivity contribution in [3.63, 3.8) is 0 Å². The summed E-state index contributed by atoms with van der Waals surface area (Å²) < 4.78 is 12.3. The Hall–Kier alpha value is -2.79. The smallest absolute Gasteiger partial charge is 0.335 e. The van der Waals surface area contributed by atoms with Crippen molar-refractivity contribution in [1.29, 1.82) is 0 Å². The molecule has 2 aromatic rings. The van der Waals surface area contributed by atoms with Crippen LogP contribution in [-0.4, -0.2) is 47.3 Å². The highest BCUT2D eigenvalue weighted by Crippen LogP contribution is 2.37. The fraction of sp³-hybridized carbons (Fsp3) is 0.174. The predicted octanol–water partition coefficient (Wildman–Crippen LogP) is 5.19. The van der Waals surface area contributed by atoms with Crippen molar-refractivity contribution in [3.05, 3.63) is 68.7 Å².